The molecule has 2 rings (SSSR count). The Morgan fingerprint density at radius 1 is 1.56 bits per heavy atom. The van der Waals surface area contributed by atoms with Crippen molar-refractivity contribution >= 4 is 27.3 Å². The van der Waals surface area contributed by atoms with Crippen molar-refractivity contribution in [3.8, 4) is 0 Å². The molecule has 0 aliphatic carbocycles. The number of thiophene rings is 1. The molecule has 0 bridgehead atoms. The summed E-state index contributed by atoms with van der Waals surface area (Å²) < 4.78 is 7.05. The predicted molar refractivity (Wildman–Crippen MR) is 81.3 cm³/mol. The zero-order chi connectivity index (χ0) is 13.2. The average molecular weight is 332 g/mol. The number of halogens is 1. The highest BCUT2D eigenvalue weighted by molar-refractivity contribution is 9.11. The van der Waals surface area contributed by atoms with E-state index in [0.717, 1.165) is 26.0 Å². The molecule has 1 aliphatic heterocycles. The van der Waals surface area contributed by atoms with Crippen LogP contribution in [0.1, 0.15) is 32.1 Å². The Bertz CT molecular complexity index is 393. The van der Waals surface area contributed by atoms with Gasteiger partial charge in [0, 0.05) is 29.5 Å². The average Bonchev–Trinajstić information content (AvgIpc) is 2.85. The summed E-state index contributed by atoms with van der Waals surface area (Å²) >= 11 is 5.39. The lowest BCUT2D eigenvalue weighted by Crippen LogP contribution is -2.43. The van der Waals surface area contributed by atoms with Crippen LogP contribution >= 0.6 is 27.3 Å². The molecule has 2 nitrogen and oxygen atoms in total. The summed E-state index contributed by atoms with van der Waals surface area (Å²) in [5, 5.41) is 3.60. The molecule has 0 spiro atoms. The van der Waals surface area contributed by atoms with Crippen LogP contribution in [0.15, 0.2) is 15.9 Å². The molecule has 0 amide bonds. The molecular formula is C14H22BrNOS. The second-order valence-corrected chi connectivity index (χ2v) is 8.09. The molecule has 1 N–H and O–H groups in total. The molecule has 1 aromatic heterocycles. The molecule has 0 radical (unpaired) electrons. The van der Waals surface area contributed by atoms with E-state index in [-0.39, 0.29) is 5.41 Å². The number of nitrogens with one attached hydrogen (secondary N) is 1. The highest BCUT2D eigenvalue weighted by atomic mass is 79.9. The molecule has 2 unspecified atom stereocenters. The molecular weight excluding hydrogens is 310 g/mol. The van der Waals surface area contributed by atoms with E-state index in [9.17, 15) is 0 Å². The minimum Gasteiger partial charge on any atom is -0.378 e. The molecule has 1 fully saturated rings. The van der Waals surface area contributed by atoms with Gasteiger partial charge in [0.15, 0.2) is 0 Å². The summed E-state index contributed by atoms with van der Waals surface area (Å²) in [5.74, 6) is 0. The monoisotopic (exact) mass is 331 g/mol. The van der Waals surface area contributed by atoms with E-state index >= 15 is 0 Å². The third-order valence-corrected chi connectivity index (χ3v) is 5.47. The fourth-order valence-corrected chi connectivity index (χ4v) is 4.19. The van der Waals surface area contributed by atoms with Crippen molar-refractivity contribution in [3.05, 3.63) is 20.8 Å². The summed E-state index contributed by atoms with van der Waals surface area (Å²) in [6.07, 6.45) is 2.61. The molecule has 4 heteroatoms. The van der Waals surface area contributed by atoms with Crippen molar-refractivity contribution < 1.29 is 4.74 Å². The highest BCUT2D eigenvalue weighted by Crippen LogP contribution is 2.39. The first-order valence-electron chi connectivity index (χ1n) is 6.61. The molecule has 18 heavy (non-hydrogen) atoms. The van der Waals surface area contributed by atoms with Crippen LogP contribution in [0, 0.1) is 5.41 Å². The Labute approximate surface area is 122 Å². The van der Waals surface area contributed by atoms with E-state index in [4.69, 9.17) is 4.74 Å². The SMILES string of the molecule is CC(C)NCC1(Cc2ccc(Br)s2)CCOC1C. The normalized spacial score (nSPS) is 28.2. The second kappa shape index (κ2) is 6.04. The Balaban J connectivity index is 2.09. The van der Waals surface area contributed by atoms with Crippen LogP contribution in [-0.2, 0) is 11.2 Å². The van der Waals surface area contributed by atoms with E-state index in [1.54, 1.807) is 0 Å². The number of ether oxygens (including phenoxy) is 1. The minimum atomic E-state index is 0.258. The van der Waals surface area contributed by atoms with Gasteiger partial charge in [-0.15, -0.1) is 11.3 Å². The molecule has 1 aromatic rings. The molecule has 0 aromatic carbocycles. The Hall–Kier alpha value is 0.1000. The van der Waals surface area contributed by atoms with Crippen LogP contribution < -0.4 is 5.32 Å². The van der Waals surface area contributed by atoms with Gasteiger partial charge < -0.3 is 10.1 Å². The van der Waals surface area contributed by atoms with Gasteiger partial charge in [0.25, 0.3) is 0 Å². The van der Waals surface area contributed by atoms with Crippen LogP contribution in [0.2, 0.25) is 0 Å². The van der Waals surface area contributed by atoms with E-state index in [1.807, 2.05) is 11.3 Å². The molecule has 1 saturated heterocycles. The standard InChI is InChI=1S/C14H22BrNOS/c1-10(2)16-9-14(6-7-17-11(14)3)8-12-4-5-13(15)18-12/h4-5,10-11,16H,6-9H2,1-3H3. The fourth-order valence-electron chi connectivity index (χ4n) is 2.55. The predicted octanol–water partition coefficient (Wildman–Crippen LogP) is 3.85. The van der Waals surface area contributed by atoms with Gasteiger partial charge in [-0.3, -0.25) is 0 Å². The zero-order valence-corrected chi connectivity index (χ0v) is 13.7. The third kappa shape index (κ3) is 3.35. The van der Waals surface area contributed by atoms with E-state index in [1.165, 1.54) is 8.66 Å². The van der Waals surface area contributed by atoms with Gasteiger partial charge in [0.05, 0.1) is 9.89 Å². The van der Waals surface area contributed by atoms with Gasteiger partial charge in [0.1, 0.15) is 0 Å². The van der Waals surface area contributed by atoms with E-state index in [2.05, 4.69) is 54.2 Å². The minimum absolute atomic E-state index is 0.258. The first-order chi connectivity index (χ1) is 8.52. The van der Waals surface area contributed by atoms with Crippen LogP contribution in [0.25, 0.3) is 0 Å². The van der Waals surface area contributed by atoms with Gasteiger partial charge >= 0.3 is 0 Å². The van der Waals surface area contributed by atoms with Crippen LogP contribution in [-0.4, -0.2) is 25.3 Å². The maximum atomic E-state index is 5.83. The lowest BCUT2D eigenvalue weighted by Gasteiger charge is -2.33. The smallest absolute Gasteiger partial charge is 0.0701 e. The van der Waals surface area contributed by atoms with Crippen molar-refractivity contribution in [2.75, 3.05) is 13.2 Å². The van der Waals surface area contributed by atoms with Crippen LogP contribution in [0.3, 0.4) is 0 Å². The van der Waals surface area contributed by atoms with Crippen molar-refractivity contribution in [1.29, 1.82) is 0 Å². The van der Waals surface area contributed by atoms with Crippen molar-refractivity contribution in [3.63, 3.8) is 0 Å². The number of hydrogen-bond donors (Lipinski definition) is 1. The Kier molecular flexibility index (Phi) is 4.86. The van der Waals surface area contributed by atoms with Crippen LogP contribution in [0.4, 0.5) is 0 Å². The fraction of sp³-hybridized carbons (Fsp3) is 0.714. The second-order valence-electron chi connectivity index (χ2n) is 5.54. The Morgan fingerprint density at radius 3 is 2.83 bits per heavy atom. The van der Waals surface area contributed by atoms with Gasteiger partial charge in [-0.1, -0.05) is 13.8 Å². The van der Waals surface area contributed by atoms with Gasteiger partial charge in [-0.2, -0.15) is 0 Å². The molecule has 102 valence electrons. The zero-order valence-electron chi connectivity index (χ0n) is 11.3. The van der Waals surface area contributed by atoms with Gasteiger partial charge in [-0.05, 0) is 47.8 Å². The molecule has 0 saturated carbocycles. The first kappa shape index (κ1) is 14.5. The molecule has 2 heterocycles. The third-order valence-electron chi connectivity index (χ3n) is 3.85. The lowest BCUT2D eigenvalue weighted by molar-refractivity contribution is 0.0624. The molecule has 1 aliphatic rings. The summed E-state index contributed by atoms with van der Waals surface area (Å²) in [4.78, 5) is 1.45. The van der Waals surface area contributed by atoms with Gasteiger partial charge in [-0.25, -0.2) is 0 Å². The summed E-state index contributed by atoms with van der Waals surface area (Å²) in [5.41, 5.74) is 0.258. The maximum Gasteiger partial charge on any atom is 0.0701 e. The van der Waals surface area contributed by atoms with Crippen molar-refractivity contribution in [2.45, 2.75) is 45.8 Å². The Morgan fingerprint density at radius 2 is 2.33 bits per heavy atom. The number of hydrogen-bond acceptors (Lipinski definition) is 3. The lowest BCUT2D eigenvalue weighted by atomic mass is 9.78. The van der Waals surface area contributed by atoms with Crippen LogP contribution in [0.5, 0.6) is 0 Å². The summed E-state index contributed by atoms with van der Waals surface area (Å²) in [7, 11) is 0. The number of rotatable bonds is 5. The highest BCUT2D eigenvalue weighted by Gasteiger charge is 2.41. The van der Waals surface area contributed by atoms with Gasteiger partial charge in [0.2, 0.25) is 0 Å². The first-order valence-corrected chi connectivity index (χ1v) is 8.22. The topological polar surface area (TPSA) is 21.3 Å². The van der Waals surface area contributed by atoms with Crippen molar-refractivity contribution in [2.24, 2.45) is 5.41 Å². The quantitative estimate of drug-likeness (QED) is 0.884. The largest absolute Gasteiger partial charge is 0.378 e. The van der Waals surface area contributed by atoms with Crippen molar-refractivity contribution in [1.82, 2.24) is 5.32 Å². The maximum absolute atomic E-state index is 5.83. The molecule has 2 atom stereocenters. The van der Waals surface area contributed by atoms with E-state index in [0.29, 0.717) is 12.1 Å². The summed E-state index contributed by atoms with van der Waals surface area (Å²) in [6.45, 7) is 8.57. The van der Waals surface area contributed by atoms with E-state index < -0.39 is 0 Å². The summed E-state index contributed by atoms with van der Waals surface area (Å²) in [6, 6.07) is 4.91.